The van der Waals surface area contributed by atoms with Crippen molar-refractivity contribution < 1.29 is 9.59 Å². The predicted molar refractivity (Wildman–Crippen MR) is 181 cm³/mol. The maximum absolute atomic E-state index is 13.1. The van der Waals surface area contributed by atoms with Crippen LogP contribution < -0.4 is 11.1 Å². The number of halogens is 2. The zero-order valence-corrected chi connectivity index (χ0v) is 27.5. The van der Waals surface area contributed by atoms with Gasteiger partial charge in [-0.15, -0.1) is 0 Å². The molecule has 3 N–H and O–H groups in total. The molecule has 1 aromatic heterocycles. The van der Waals surface area contributed by atoms with E-state index in [0.717, 1.165) is 68.2 Å². The summed E-state index contributed by atoms with van der Waals surface area (Å²) in [6, 6.07) is 10.6. The number of benzene rings is 2. The standard InChI is InChI=1S/C33H37Cl2N7O2S/c34-28-7-5-25(21-24(28)4-2-23-3-6-29(35)26(20-23)32(43)40-14-9-37-10-15-40)31-27-22-41(33(36)44)13-8-30(27)42(38-31)12-1-11-39-16-18-45-19-17-39/h3,5-7,20-21,37H,1,8-19,22H2,(H2,36,44). The second-order valence-electron chi connectivity index (χ2n) is 11.5. The fraction of sp³-hybridized carbons (Fsp3) is 0.424. The number of thioether (sulfide) groups is 1. The van der Waals surface area contributed by atoms with Crippen molar-refractivity contribution in [3.63, 3.8) is 0 Å². The lowest BCUT2D eigenvalue weighted by atomic mass is 9.99. The van der Waals surface area contributed by atoms with Crippen molar-refractivity contribution in [2.75, 3.05) is 63.9 Å². The Balaban J connectivity index is 1.26. The summed E-state index contributed by atoms with van der Waals surface area (Å²) in [5, 5.41) is 9.26. The van der Waals surface area contributed by atoms with Crippen LogP contribution in [0, 0.1) is 11.8 Å². The summed E-state index contributed by atoms with van der Waals surface area (Å²) in [6.07, 6.45) is 1.72. The van der Waals surface area contributed by atoms with Crippen LogP contribution in [0.2, 0.25) is 10.0 Å². The predicted octanol–water partition coefficient (Wildman–Crippen LogP) is 4.18. The normalized spacial score (nSPS) is 17.0. The van der Waals surface area contributed by atoms with Crippen LogP contribution in [0.3, 0.4) is 0 Å². The van der Waals surface area contributed by atoms with Gasteiger partial charge in [0.05, 0.1) is 27.8 Å². The molecule has 45 heavy (non-hydrogen) atoms. The minimum atomic E-state index is -0.428. The van der Waals surface area contributed by atoms with E-state index >= 15 is 0 Å². The lowest BCUT2D eigenvalue weighted by Crippen LogP contribution is -2.46. The molecule has 3 amide bonds. The third kappa shape index (κ3) is 7.45. The van der Waals surface area contributed by atoms with Gasteiger partial charge in [-0.2, -0.15) is 16.9 Å². The Hall–Kier alpha value is -3.20. The van der Waals surface area contributed by atoms with E-state index in [2.05, 4.69) is 26.7 Å². The molecule has 4 heterocycles. The van der Waals surface area contributed by atoms with Gasteiger partial charge in [-0.25, -0.2) is 4.79 Å². The number of nitrogens with two attached hydrogens (primary N) is 1. The van der Waals surface area contributed by atoms with Crippen molar-refractivity contribution in [2.24, 2.45) is 5.73 Å². The van der Waals surface area contributed by atoms with Gasteiger partial charge in [-0.05, 0) is 43.3 Å². The van der Waals surface area contributed by atoms with Crippen LogP contribution >= 0.6 is 35.0 Å². The number of aromatic nitrogens is 2. The molecule has 0 radical (unpaired) electrons. The Kier molecular flexibility index (Phi) is 10.2. The van der Waals surface area contributed by atoms with Crippen LogP contribution in [-0.4, -0.2) is 100 Å². The van der Waals surface area contributed by atoms with E-state index in [1.807, 2.05) is 30.0 Å². The Morgan fingerprint density at radius 2 is 1.71 bits per heavy atom. The fourth-order valence-electron chi connectivity index (χ4n) is 6.08. The number of hydrogen-bond acceptors (Lipinski definition) is 6. The third-order valence-electron chi connectivity index (χ3n) is 8.58. The second-order valence-corrected chi connectivity index (χ2v) is 13.5. The molecule has 0 bridgehead atoms. The smallest absolute Gasteiger partial charge is 0.315 e. The summed E-state index contributed by atoms with van der Waals surface area (Å²) in [6.45, 7) is 7.94. The molecular weight excluding hydrogens is 629 g/mol. The number of amides is 3. The summed E-state index contributed by atoms with van der Waals surface area (Å²) < 4.78 is 2.12. The van der Waals surface area contributed by atoms with Crippen LogP contribution in [0.15, 0.2) is 36.4 Å². The van der Waals surface area contributed by atoms with E-state index in [9.17, 15) is 9.59 Å². The lowest BCUT2D eigenvalue weighted by molar-refractivity contribution is 0.0736. The minimum Gasteiger partial charge on any atom is -0.351 e. The molecule has 12 heteroatoms. The largest absolute Gasteiger partial charge is 0.351 e. The van der Waals surface area contributed by atoms with Crippen molar-refractivity contribution >= 4 is 46.9 Å². The quantitative estimate of drug-likeness (QED) is 0.384. The zero-order chi connectivity index (χ0) is 31.3. The molecule has 2 fully saturated rings. The first kappa shape index (κ1) is 31.8. The third-order valence-corrected chi connectivity index (χ3v) is 10.2. The van der Waals surface area contributed by atoms with Gasteiger partial charge in [0, 0.05) is 98.2 Å². The molecule has 2 aromatic carbocycles. The number of piperazine rings is 1. The van der Waals surface area contributed by atoms with Crippen LogP contribution in [0.25, 0.3) is 11.3 Å². The molecular formula is C33H37Cl2N7O2S. The highest BCUT2D eigenvalue weighted by molar-refractivity contribution is 7.99. The van der Waals surface area contributed by atoms with Gasteiger partial charge in [-0.3, -0.25) is 9.48 Å². The monoisotopic (exact) mass is 665 g/mol. The van der Waals surface area contributed by atoms with E-state index in [1.165, 1.54) is 11.5 Å². The zero-order valence-electron chi connectivity index (χ0n) is 25.2. The molecule has 0 unspecified atom stereocenters. The highest BCUT2D eigenvalue weighted by atomic mass is 35.5. The van der Waals surface area contributed by atoms with Crippen molar-refractivity contribution in [2.45, 2.75) is 25.9 Å². The molecule has 0 atom stereocenters. The Labute approximate surface area is 278 Å². The molecule has 0 aliphatic carbocycles. The van der Waals surface area contributed by atoms with Crippen molar-refractivity contribution in [3.05, 3.63) is 74.4 Å². The number of primary amides is 1. The number of rotatable bonds is 6. The van der Waals surface area contributed by atoms with Crippen molar-refractivity contribution in [1.29, 1.82) is 0 Å². The van der Waals surface area contributed by atoms with Crippen LogP contribution in [0.4, 0.5) is 4.79 Å². The van der Waals surface area contributed by atoms with E-state index in [1.54, 1.807) is 28.0 Å². The van der Waals surface area contributed by atoms with Gasteiger partial charge < -0.3 is 25.8 Å². The number of urea groups is 1. The average Bonchev–Trinajstić information content (AvgIpc) is 3.43. The minimum absolute atomic E-state index is 0.0922. The number of carbonyl (C=O) groups is 2. The van der Waals surface area contributed by atoms with E-state index in [0.29, 0.717) is 59.3 Å². The van der Waals surface area contributed by atoms with E-state index in [4.69, 9.17) is 34.0 Å². The number of carbonyl (C=O) groups excluding carboxylic acids is 2. The highest BCUT2D eigenvalue weighted by Gasteiger charge is 2.27. The molecule has 3 aromatic rings. The van der Waals surface area contributed by atoms with Gasteiger partial charge in [-0.1, -0.05) is 41.1 Å². The number of hydrogen-bond donors (Lipinski definition) is 2. The molecule has 236 valence electrons. The Morgan fingerprint density at radius 1 is 0.933 bits per heavy atom. The van der Waals surface area contributed by atoms with Crippen molar-refractivity contribution in [3.8, 4) is 23.1 Å². The van der Waals surface area contributed by atoms with Gasteiger partial charge in [0.2, 0.25) is 0 Å². The molecule has 3 aliphatic rings. The first-order valence-corrected chi connectivity index (χ1v) is 17.3. The SMILES string of the molecule is NC(=O)N1CCc2c(c(-c3ccc(Cl)c(C#Cc4ccc(Cl)c(C(=O)N5CCNCC5)c4)c3)nn2CCCN2CCSCC2)C1. The molecule has 3 aliphatic heterocycles. The maximum atomic E-state index is 13.1. The average molecular weight is 667 g/mol. The van der Waals surface area contributed by atoms with Gasteiger partial charge >= 0.3 is 6.03 Å². The molecule has 2 saturated heterocycles. The van der Waals surface area contributed by atoms with E-state index < -0.39 is 6.03 Å². The first-order chi connectivity index (χ1) is 21.9. The summed E-state index contributed by atoms with van der Waals surface area (Å²) in [5.41, 5.74) is 11.3. The summed E-state index contributed by atoms with van der Waals surface area (Å²) in [5.74, 6) is 8.68. The van der Waals surface area contributed by atoms with Crippen LogP contribution in [0.5, 0.6) is 0 Å². The highest BCUT2D eigenvalue weighted by Crippen LogP contribution is 2.32. The van der Waals surface area contributed by atoms with Gasteiger partial charge in [0.1, 0.15) is 0 Å². The van der Waals surface area contributed by atoms with Crippen LogP contribution in [0.1, 0.15) is 39.2 Å². The van der Waals surface area contributed by atoms with Gasteiger partial charge in [0.15, 0.2) is 0 Å². The first-order valence-electron chi connectivity index (χ1n) is 15.4. The van der Waals surface area contributed by atoms with Gasteiger partial charge in [0.25, 0.3) is 5.91 Å². The van der Waals surface area contributed by atoms with Crippen molar-refractivity contribution in [1.82, 2.24) is 29.8 Å². The molecule has 9 nitrogen and oxygen atoms in total. The molecule has 0 saturated carbocycles. The Morgan fingerprint density at radius 3 is 2.49 bits per heavy atom. The number of aryl methyl sites for hydroxylation is 1. The summed E-state index contributed by atoms with van der Waals surface area (Å²) in [7, 11) is 0. The van der Waals surface area contributed by atoms with Crippen LogP contribution in [-0.2, 0) is 19.5 Å². The fourth-order valence-corrected chi connectivity index (χ4v) is 7.42. The lowest BCUT2D eigenvalue weighted by Gasteiger charge is -2.27. The number of fused-ring (bicyclic) bond motifs is 1. The summed E-state index contributed by atoms with van der Waals surface area (Å²) >= 11 is 15.1. The van der Waals surface area contributed by atoms with E-state index in [-0.39, 0.29) is 5.91 Å². The topological polar surface area (TPSA) is 99.7 Å². The second kappa shape index (κ2) is 14.5. The summed E-state index contributed by atoms with van der Waals surface area (Å²) in [4.78, 5) is 31.2. The number of nitrogens with zero attached hydrogens (tertiary/aromatic N) is 5. The molecule has 6 rings (SSSR count). The Bertz CT molecular complexity index is 1640. The maximum Gasteiger partial charge on any atom is 0.315 e. The number of nitrogens with one attached hydrogen (secondary N) is 1. The molecule has 0 spiro atoms.